The van der Waals surface area contributed by atoms with Crippen LogP contribution in [0.25, 0.3) is 0 Å². The lowest BCUT2D eigenvalue weighted by Crippen LogP contribution is -2.38. The maximum absolute atomic E-state index is 14.3. The predicted molar refractivity (Wildman–Crippen MR) is 61.6 cm³/mol. The molecule has 0 radical (unpaired) electrons. The minimum atomic E-state index is -3.90. The maximum atomic E-state index is 14.3. The van der Waals surface area contributed by atoms with E-state index >= 15 is 0 Å². The third-order valence-electron chi connectivity index (χ3n) is 4.30. The average molecular weight is 232 g/mol. The van der Waals surface area contributed by atoms with E-state index in [1.165, 1.54) is 12.8 Å². The second-order valence-electron chi connectivity index (χ2n) is 5.34. The lowest BCUT2D eigenvalue weighted by Gasteiger charge is -2.34. The molecule has 0 saturated heterocycles. The first kappa shape index (κ1) is 11.6. The minimum absolute atomic E-state index is 0.158. The van der Waals surface area contributed by atoms with Crippen LogP contribution >= 0.6 is 0 Å². The molecule has 0 amide bonds. The van der Waals surface area contributed by atoms with Crippen molar-refractivity contribution in [3.63, 3.8) is 0 Å². The summed E-state index contributed by atoms with van der Waals surface area (Å²) in [5.41, 5.74) is -0.316. The van der Waals surface area contributed by atoms with E-state index in [2.05, 4.69) is 0 Å². The highest BCUT2D eigenvalue weighted by atomic mass is 28.4. The van der Waals surface area contributed by atoms with Crippen LogP contribution in [-0.2, 0) is 0 Å². The topological polar surface area (TPSA) is 0 Å². The molecule has 0 aromatic rings. The molecule has 0 N–H and O–H groups in total. The van der Waals surface area contributed by atoms with Gasteiger partial charge in [-0.05, 0) is 25.7 Å². The fourth-order valence-electron chi connectivity index (χ4n) is 3.31. The van der Waals surface area contributed by atoms with E-state index < -0.39 is 8.74 Å². The maximum Gasteiger partial charge on any atom is 0.430 e. The molecule has 2 saturated carbocycles. The summed E-state index contributed by atoms with van der Waals surface area (Å²) in [5, 5.41) is 0. The average Bonchev–Trinajstić information content (AvgIpc) is 2.31. The molecule has 0 spiro atoms. The molecule has 0 aromatic heterocycles. The Morgan fingerprint density at radius 2 is 0.933 bits per heavy atom. The summed E-state index contributed by atoms with van der Waals surface area (Å²) in [6, 6.07) is 0. The van der Waals surface area contributed by atoms with Crippen molar-refractivity contribution in [3.8, 4) is 0 Å². The molecule has 0 unspecified atom stereocenters. The van der Waals surface area contributed by atoms with E-state index in [9.17, 15) is 8.22 Å². The summed E-state index contributed by atoms with van der Waals surface area (Å²) < 4.78 is 28.7. The smallest absolute Gasteiger partial charge is 0.270 e. The van der Waals surface area contributed by atoms with Crippen LogP contribution in [0.4, 0.5) is 8.22 Å². The van der Waals surface area contributed by atoms with Crippen molar-refractivity contribution in [1.29, 1.82) is 0 Å². The Bertz CT molecular complexity index is 174. The Morgan fingerprint density at radius 3 is 1.27 bits per heavy atom. The quantitative estimate of drug-likeness (QED) is 0.462. The van der Waals surface area contributed by atoms with Crippen LogP contribution in [0.2, 0.25) is 11.1 Å². The summed E-state index contributed by atoms with van der Waals surface area (Å²) in [7, 11) is -3.90. The van der Waals surface area contributed by atoms with Gasteiger partial charge >= 0.3 is 8.74 Å². The van der Waals surface area contributed by atoms with E-state index in [0.717, 1.165) is 51.4 Å². The van der Waals surface area contributed by atoms with Gasteiger partial charge in [-0.2, -0.15) is 0 Å². The van der Waals surface area contributed by atoms with Crippen LogP contribution in [0.5, 0.6) is 0 Å². The normalized spacial score (nSPS) is 26.8. The zero-order chi connectivity index (χ0) is 10.7. The van der Waals surface area contributed by atoms with E-state index in [4.69, 9.17) is 0 Å². The number of rotatable bonds is 2. The molecular formula is C12H22F2Si. The van der Waals surface area contributed by atoms with Crippen molar-refractivity contribution in [2.75, 3.05) is 0 Å². The minimum Gasteiger partial charge on any atom is -0.270 e. The first-order chi connectivity index (χ1) is 7.21. The molecule has 88 valence electrons. The van der Waals surface area contributed by atoms with Gasteiger partial charge in [-0.1, -0.05) is 38.5 Å². The van der Waals surface area contributed by atoms with Crippen molar-refractivity contribution in [1.82, 2.24) is 0 Å². The SMILES string of the molecule is F[Si](F)(C1CCCCC1)C1CCCCC1. The summed E-state index contributed by atoms with van der Waals surface area (Å²) in [6.45, 7) is 0. The van der Waals surface area contributed by atoms with Gasteiger partial charge in [-0.15, -0.1) is 0 Å². The van der Waals surface area contributed by atoms with Gasteiger partial charge in [0.2, 0.25) is 0 Å². The molecule has 0 heterocycles. The molecule has 2 aliphatic rings. The largest absolute Gasteiger partial charge is 0.430 e. The van der Waals surface area contributed by atoms with Crippen molar-refractivity contribution >= 4 is 8.74 Å². The van der Waals surface area contributed by atoms with Crippen molar-refractivity contribution < 1.29 is 8.22 Å². The first-order valence-electron chi connectivity index (χ1n) is 6.59. The van der Waals surface area contributed by atoms with Crippen LogP contribution in [0, 0.1) is 0 Å². The van der Waals surface area contributed by atoms with Crippen LogP contribution in [0.3, 0.4) is 0 Å². The second kappa shape index (κ2) is 4.94. The molecule has 2 rings (SSSR count). The Kier molecular flexibility index (Phi) is 3.81. The van der Waals surface area contributed by atoms with E-state index in [0.29, 0.717) is 0 Å². The summed E-state index contributed by atoms with van der Waals surface area (Å²) in [4.78, 5) is 0. The Labute approximate surface area is 92.8 Å². The molecule has 0 aromatic carbocycles. The molecule has 3 heteroatoms. The van der Waals surface area contributed by atoms with Gasteiger partial charge in [-0.25, -0.2) is 0 Å². The number of halogens is 2. The molecule has 15 heavy (non-hydrogen) atoms. The van der Waals surface area contributed by atoms with Crippen molar-refractivity contribution in [2.24, 2.45) is 0 Å². The number of hydrogen-bond donors (Lipinski definition) is 0. The Morgan fingerprint density at radius 1 is 0.600 bits per heavy atom. The molecule has 2 fully saturated rings. The van der Waals surface area contributed by atoms with Gasteiger partial charge in [0.25, 0.3) is 0 Å². The first-order valence-corrected chi connectivity index (χ1v) is 8.50. The van der Waals surface area contributed by atoms with E-state index in [-0.39, 0.29) is 11.1 Å². The second-order valence-corrected chi connectivity index (χ2v) is 8.33. The molecule has 0 aliphatic heterocycles. The van der Waals surface area contributed by atoms with Crippen molar-refractivity contribution in [3.05, 3.63) is 0 Å². The molecular weight excluding hydrogens is 210 g/mol. The highest BCUT2D eigenvalue weighted by Gasteiger charge is 2.51. The summed E-state index contributed by atoms with van der Waals surface area (Å²) in [6.07, 6.45) is 9.91. The number of hydrogen-bond acceptors (Lipinski definition) is 0. The standard InChI is InChI=1S/C12H22F2Si/c13-15(14,11-7-3-1-4-8-11)12-9-5-2-6-10-12/h11-12H,1-10H2. The predicted octanol–water partition coefficient (Wildman–Crippen LogP) is 5.04. The molecule has 0 bridgehead atoms. The van der Waals surface area contributed by atoms with Crippen LogP contribution in [-0.4, -0.2) is 8.74 Å². The Hall–Kier alpha value is 0.0769. The lowest BCUT2D eigenvalue weighted by molar-refractivity contribution is 0.378. The molecule has 0 nitrogen and oxygen atoms in total. The van der Waals surface area contributed by atoms with Crippen LogP contribution in [0.1, 0.15) is 64.2 Å². The third-order valence-corrected chi connectivity index (χ3v) is 7.63. The molecule has 2 aliphatic carbocycles. The van der Waals surface area contributed by atoms with Gasteiger partial charge in [0.1, 0.15) is 0 Å². The Balaban J connectivity index is 1.96. The summed E-state index contributed by atoms with van der Waals surface area (Å²) >= 11 is 0. The van der Waals surface area contributed by atoms with Crippen LogP contribution < -0.4 is 0 Å². The fraction of sp³-hybridized carbons (Fsp3) is 1.00. The fourth-order valence-corrected chi connectivity index (χ4v) is 6.33. The van der Waals surface area contributed by atoms with Gasteiger partial charge in [0, 0.05) is 11.1 Å². The van der Waals surface area contributed by atoms with E-state index in [1.807, 2.05) is 0 Å². The monoisotopic (exact) mass is 232 g/mol. The molecule has 0 atom stereocenters. The van der Waals surface area contributed by atoms with Crippen molar-refractivity contribution in [2.45, 2.75) is 75.3 Å². The van der Waals surface area contributed by atoms with Crippen LogP contribution in [0.15, 0.2) is 0 Å². The van der Waals surface area contributed by atoms with Gasteiger partial charge in [0.05, 0.1) is 0 Å². The zero-order valence-corrected chi connectivity index (χ0v) is 10.5. The highest BCUT2D eigenvalue weighted by molar-refractivity contribution is 6.69. The lowest BCUT2D eigenvalue weighted by atomic mass is 9.99. The van der Waals surface area contributed by atoms with Gasteiger partial charge in [-0.3, -0.25) is 8.22 Å². The third kappa shape index (κ3) is 2.60. The highest BCUT2D eigenvalue weighted by Crippen LogP contribution is 2.49. The zero-order valence-electron chi connectivity index (χ0n) is 9.48. The van der Waals surface area contributed by atoms with E-state index in [1.54, 1.807) is 0 Å². The summed E-state index contributed by atoms with van der Waals surface area (Å²) in [5.74, 6) is 0. The van der Waals surface area contributed by atoms with Gasteiger partial charge < -0.3 is 0 Å². The van der Waals surface area contributed by atoms with Gasteiger partial charge in [0.15, 0.2) is 0 Å².